The van der Waals surface area contributed by atoms with E-state index in [0.29, 0.717) is 29.2 Å². The number of fused-ring (bicyclic) bond motifs is 1. The van der Waals surface area contributed by atoms with Crippen LogP contribution < -0.4 is 14.8 Å². The summed E-state index contributed by atoms with van der Waals surface area (Å²) in [6.07, 6.45) is 2.80. The Labute approximate surface area is 191 Å². The van der Waals surface area contributed by atoms with E-state index < -0.39 is 12.0 Å². The van der Waals surface area contributed by atoms with Gasteiger partial charge in [0.2, 0.25) is 5.91 Å². The van der Waals surface area contributed by atoms with E-state index in [4.69, 9.17) is 19.2 Å². The molecule has 1 aromatic carbocycles. The lowest BCUT2D eigenvalue weighted by Gasteiger charge is -2.37. The maximum Gasteiger partial charge on any atom is 0.338 e. The Morgan fingerprint density at radius 3 is 2.62 bits per heavy atom. The molecule has 4 rings (SSSR count). The second kappa shape index (κ2) is 9.28. The number of benzene rings is 1. The van der Waals surface area contributed by atoms with Crippen LogP contribution in [0.5, 0.6) is 11.5 Å². The van der Waals surface area contributed by atoms with Crippen molar-refractivity contribution in [2.45, 2.75) is 44.7 Å². The van der Waals surface area contributed by atoms with Gasteiger partial charge in [-0.2, -0.15) is 0 Å². The third-order valence-corrected chi connectivity index (χ3v) is 6.53. The van der Waals surface area contributed by atoms with Gasteiger partial charge in [0.15, 0.2) is 16.7 Å². The minimum atomic E-state index is -0.565. The van der Waals surface area contributed by atoms with Crippen LogP contribution in [0.15, 0.2) is 45.6 Å². The third-order valence-electron chi connectivity index (χ3n) is 5.64. The molecule has 0 saturated heterocycles. The van der Waals surface area contributed by atoms with Gasteiger partial charge in [-0.1, -0.05) is 30.8 Å². The first-order chi connectivity index (χ1) is 15.5. The Hall–Kier alpha value is -2.94. The lowest BCUT2D eigenvalue weighted by atomic mass is 9.92. The number of ether oxygens (including phenoxy) is 3. The molecule has 0 bridgehead atoms. The molecular formula is C23H27N3O5S. The van der Waals surface area contributed by atoms with Crippen LogP contribution in [0.2, 0.25) is 0 Å². The average Bonchev–Trinajstić information content (AvgIpc) is 3.54. The minimum Gasteiger partial charge on any atom is -0.493 e. The Morgan fingerprint density at radius 2 is 2.00 bits per heavy atom. The highest BCUT2D eigenvalue weighted by atomic mass is 32.2. The maximum absolute atomic E-state index is 13.0. The maximum atomic E-state index is 13.0. The lowest BCUT2D eigenvalue weighted by Crippen LogP contribution is -2.38. The van der Waals surface area contributed by atoms with E-state index >= 15 is 0 Å². The molecule has 0 spiro atoms. The molecule has 1 amide bonds. The van der Waals surface area contributed by atoms with Gasteiger partial charge in [-0.25, -0.2) is 9.79 Å². The van der Waals surface area contributed by atoms with Crippen molar-refractivity contribution in [1.82, 2.24) is 10.2 Å². The van der Waals surface area contributed by atoms with E-state index in [9.17, 15) is 9.59 Å². The highest BCUT2D eigenvalue weighted by Gasteiger charge is 2.43. The molecule has 0 radical (unpaired) electrons. The number of rotatable bonds is 8. The highest BCUT2D eigenvalue weighted by molar-refractivity contribution is 8.16. The van der Waals surface area contributed by atoms with Gasteiger partial charge in [0.1, 0.15) is 0 Å². The lowest BCUT2D eigenvalue weighted by molar-refractivity contribution is -0.136. The van der Waals surface area contributed by atoms with Gasteiger partial charge in [-0.05, 0) is 30.7 Å². The topological polar surface area (TPSA) is 89.5 Å². The summed E-state index contributed by atoms with van der Waals surface area (Å²) in [6, 6.07) is 5.27. The number of hydrogen-bond acceptors (Lipinski definition) is 8. The van der Waals surface area contributed by atoms with Crippen LogP contribution in [-0.2, 0) is 14.3 Å². The molecule has 170 valence electrons. The monoisotopic (exact) mass is 457 g/mol. The number of esters is 1. The number of nitrogens with one attached hydrogen (secondary N) is 1. The van der Waals surface area contributed by atoms with Crippen molar-refractivity contribution in [1.29, 1.82) is 0 Å². The smallest absolute Gasteiger partial charge is 0.338 e. The van der Waals surface area contributed by atoms with E-state index in [1.165, 1.54) is 18.9 Å². The number of methoxy groups -OCH3 is 3. The first-order valence-corrected chi connectivity index (χ1v) is 11.5. The molecule has 2 heterocycles. The Kier molecular flexibility index (Phi) is 6.45. The van der Waals surface area contributed by atoms with Gasteiger partial charge in [-0.15, -0.1) is 0 Å². The summed E-state index contributed by atoms with van der Waals surface area (Å²) in [5.41, 5.74) is 2.60. The normalized spacial score (nSPS) is 19.8. The third kappa shape index (κ3) is 4.09. The average molecular weight is 458 g/mol. The number of carbonyl (C=O) groups is 2. The summed E-state index contributed by atoms with van der Waals surface area (Å²) in [7, 11) is 4.50. The molecule has 9 heteroatoms. The standard InChI is InChI=1S/C23H27N3O5S/c1-5-16-19(22(28)31-4)20(15-7-6-8-17(29-2)21(15)30-3)26-14(12-32-23(26)25-16)11-18(27)24-13-9-10-13/h6-8,12-13,20H,5,9-11H2,1-4H3,(H,24,27)/t20-/m1/s1. The predicted octanol–water partition coefficient (Wildman–Crippen LogP) is 3.51. The van der Waals surface area contributed by atoms with Crippen LogP contribution in [0.25, 0.3) is 0 Å². The van der Waals surface area contributed by atoms with Gasteiger partial charge < -0.3 is 24.4 Å². The zero-order chi connectivity index (χ0) is 22.8. The van der Waals surface area contributed by atoms with Gasteiger partial charge in [0.25, 0.3) is 0 Å². The zero-order valence-electron chi connectivity index (χ0n) is 18.6. The number of amides is 1. The van der Waals surface area contributed by atoms with Crippen LogP contribution in [0.3, 0.4) is 0 Å². The van der Waals surface area contributed by atoms with Crippen molar-refractivity contribution in [3.8, 4) is 11.5 Å². The summed E-state index contributed by atoms with van der Waals surface area (Å²) in [4.78, 5) is 32.3. The highest BCUT2D eigenvalue weighted by Crippen LogP contribution is 2.49. The number of thioether (sulfide) groups is 1. The van der Waals surface area contributed by atoms with Gasteiger partial charge >= 0.3 is 5.97 Å². The number of allylic oxidation sites excluding steroid dienone is 1. The van der Waals surface area contributed by atoms with Crippen molar-refractivity contribution >= 4 is 28.8 Å². The number of para-hydroxylation sites is 1. The first-order valence-electron chi connectivity index (χ1n) is 10.6. The minimum absolute atomic E-state index is 0.0400. The second-order valence-electron chi connectivity index (χ2n) is 7.70. The molecule has 1 N–H and O–H groups in total. The first kappa shape index (κ1) is 22.3. The molecule has 8 nitrogen and oxygen atoms in total. The fraction of sp³-hybridized carbons (Fsp3) is 0.435. The van der Waals surface area contributed by atoms with Gasteiger partial charge in [-0.3, -0.25) is 4.79 Å². The molecule has 0 aromatic heterocycles. The van der Waals surface area contributed by atoms with E-state index in [1.807, 2.05) is 29.4 Å². The predicted molar refractivity (Wildman–Crippen MR) is 122 cm³/mol. The number of amidine groups is 1. The largest absolute Gasteiger partial charge is 0.493 e. The number of nitrogens with zero attached hydrogens (tertiary/aromatic N) is 2. The summed E-state index contributed by atoms with van der Waals surface area (Å²) in [5.74, 6) is 0.581. The Balaban J connectivity index is 1.82. The zero-order valence-corrected chi connectivity index (χ0v) is 19.5. The number of carbonyl (C=O) groups excluding carboxylic acids is 2. The van der Waals surface area contributed by atoms with E-state index in [0.717, 1.165) is 29.3 Å². The van der Waals surface area contributed by atoms with Crippen molar-refractivity contribution in [2.75, 3.05) is 21.3 Å². The molecule has 1 saturated carbocycles. The second-order valence-corrected chi connectivity index (χ2v) is 8.54. The molecule has 1 aliphatic carbocycles. The van der Waals surface area contributed by atoms with Crippen LogP contribution in [-0.4, -0.2) is 49.3 Å². The van der Waals surface area contributed by atoms with Crippen LogP contribution >= 0.6 is 11.8 Å². The van der Waals surface area contributed by atoms with Crippen molar-refractivity contribution in [2.24, 2.45) is 4.99 Å². The van der Waals surface area contributed by atoms with Crippen LogP contribution in [0, 0.1) is 0 Å². The molecular weight excluding hydrogens is 430 g/mol. The molecule has 1 aromatic rings. The van der Waals surface area contributed by atoms with Crippen molar-refractivity contribution in [3.05, 3.63) is 46.1 Å². The number of aliphatic imine (C=N–C) groups is 1. The molecule has 3 aliphatic rings. The van der Waals surface area contributed by atoms with Crippen molar-refractivity contribution < 1.29 is 23.8 Å². The molecule has 1 atom stereocenters. The summed E-state index contributed by atoms with van der Waals surface area (Å²) < 4.78 is 16.4. The summed E-state index contributed by atoms with van der Waals surface area (Å²) in [6.45, 7) is 1.95. The Bertz CT molecular complexity index is 1030. The van der Waals surface area contributed by atoms with Crippen LogP contribution in [0.4, 0.5) is 0 Å². The summed E-state index contributed by atoms with van der Waals surface area (Å²) in [5, 5.41) is 5.68. The number of hydrogen-bond donors (Lipinski definition) is 1. The van der Waals surface area contributed by atoms with Crippen molar-refractivity contribution in [3.63, 3.8) is 0 Å². The van der Waals surface area contributed by atoms with Crippen LogP contribution in [0.1, 0.15) is 44.2 Å². The molecule has 1 fully saturated rings. The Morgan fingerprint density at radius 1 is 1.22 bits per heavy atom. The summed E-state index contributed by atoms with van der Waals surface area (Å²) >= 11 is 1.45. The van der Waals surface area contributed by atoms with Gasteiger partial charge in [0.05, 0.1) is 45.1 Å². The quantitative estimate of drug-likeness (QED) is 0.598. The van der Waals surface area contributed by atoms with E-state index in [-0.39, 0.29) is 18.4 Å². The SMILES string of the molecule is CCC1=C(C(=O)OC)[C@@H](c2cccc(OC)c2OC)N2C(CC(=O)NC3CC3)=CSC2=N1. The fourth-order valence-electron chi connectivity index (χ4n) is 4.00. The fourth-order valence-corrected chi connectivity index (χ4v) is 4.94. The van der Waals surface area contributed by atoms with E-state index in [2.05, 4.69) is 5.32 Å². The molecule has 2 aliphatic heterocycles. The molecule has 0 unspecified atom stereocenters. The van der Waals surface area contributed by atoms with Gasteiger partial charge in [0, 0.05) is 17.3 Å². The van der Waals surface area contributed by atoms with E-state index in [1.54, 1.807) is 20.3 Å². The molecule has 32 heavy (non-hydrogen) atoms.